The highest BCUT2D eigenvalue weighted by atomic mass is 16.5. The van der Waals surface area contributed by atoms with Gasteiger partial charge in [-0.2, -0.15) is 0 Å². The van der Waals surface area contributed by atoms with Crippen LogP contribution in [0.5, 0.6) is 0 Å². The molecule has 1 saturated carbocycles. The number of ether oxygens (including phenoxy) is 1. The molecule has 8 heteroatoms. The number of aromatic nitrogens is 1. The van der Waals surface area contributed by atoms with E-state index in [-0.39, 0.29) is 11.5 Å². The standard InChI is InChI=1S/C31H44N4O4/c1-23(24-9-4-3-5-10-24)29(36)34-27(30(37)38)15-20-35(21-22-39-31(2)16-17-31)19-7-6-12-26-14-13-25-11-8-18-32-28(25)33-26/h3-5,9-10,13-14,23,27H,6-8,11-12,15-22H2,1-2H3,(H,32,33)(H,34,36)(H,37,38). The molecule has 0 saturated heterocycles. The fourth-order valence-corrected chi connectivity index (χ4v) is 4.99. The lowest BCUT2D eigenvalue weighted by Crippen LogP contribution is -2.45. The summed E-state index contributed by atoms with van der Waals surface area (Å²) in [4.78, 5) is 31.9. The van der Waals surface area contributed by atoms with Crippen molar-refractivity contribution in [3.05, 3.63) is 59.3 Å². The van der Waals surface area contributed by atoms with Crippen LogP contribution in [0.1, 0.15) is 75.1 Å². The molecule has 3 N–H and O–H groups in total. The van der Waals surface area contributed by atoms with Gasteiger partial charge >= 0.3 is 5.97 Å². The van der Waals surface area contributed by atoms with Crippen molar-refractivity contribution in [3.8, 4) is 0 Å². The second-order valence-corrected chi connectivity index (χ2v) is 11.3. The Labute approximate surface area is 232 Å². The Hall–Kier alpha value is -2.97. The van der Waals surface area contributed by atoms with Gasteiger partial charge in [0.25, 0.3) is 0 Å². The molecular formula is C31H44N4O4. The number of amides is 1. The molecule has 1 aliphatic carbocycles. The van der Waals surface area contributed by atoms with Crippen molar-refractivity contribution in [1.82, 2.24) is 15.2 Å². The average Bonchev–Trinajstić information content (AvgIpc) is 3.69. The van der Waals surface area contributed by atoms with E-state index in [1.165, 1.54) is 5.56 Å². The van der Waals surface area contributed by atoms with Crippen molar-refractivity contribution in [2.45, 2.75) is 82.8 Å². The summed E-state index contributed by atoms with van der Waals surface area (Å²) < 4.78 is 6.05. The Balaban J connectivity index is 1.27. The lowest BCUT2D eigenvalue weighted by molar-refractivity contribution is -0.142. The van der Waals surface area contributed by atoms with E-state index >= 15 is 0 Å². The van der Waals surface area contributed by atoms with Crippen LogP contribution in [0.15, 0.2) is 42.5 Å². The lowest BCUT2D eigenvalue weighted by atomic mass is 10.00. The highest BCUT2D eigenvalue weighted by molar-refractivity contribution is 5.87. The first-order valence-corrected chi connectivity index (χ1v) is 14.5. The van der Waals surface area contributed by atoms with Gasteiger partial charge in [0.1, 0.15) is 11.9 Å². The van der Waals surface area contributed by atoms with Gasteiger partial charge in [0.15, 0.2) is 0 Å². The minimum Gasteiger partial charge on any atom is -0.480 e. The van der Waals surface area contributed by atoms with Gasteiger partial charge in [-0.05, 0) is 89.0 Å². The van der Waals surface area contributed by atoms with Crippen molar-refractivity contribution >= 4 is 17.7 Å². The lowest BCUT2D eigenvalue weighted by Gasteiger charge is -2.25. The Morgan fingerprint density at radius 3 is 2.67 bits per heavy atom. The summed E-state index contributed by atoms with van der Waals surface area (Å²) in [5, 5.41) is 16.0. The van der Waals surface area contributed by atoms with Gasteiger partial charge in [0.2, 0.25) is 5.91 Å². The maximum absolute atomic E-state index is 12.8. The van der Waals surface area contributed by atoms with Gasteiger partial charge in [0, 0.05) is 25.3 Å². The van der Waals surface area contributed by atoms with Gasteiger partial charge in [0.05, 0.1) is 18.1 Å². The maximum Gasteiger partial charge on any atom is 0.326 e. The molecule has 1 aromatic carbocycles. The molecule has 212 valence electrons. The third-order valence-electron chi connectivity index (χ3n) is 7.96. The molecule has 0 radical (unpaired) electrons. The van der Waals surface area contributed by atoms with Gasteiger partial charge in [-0.15, -0.1) is 0 Å². The second kappa shape index (κ2) is 13.9. The zero-order chi connectivity index (χ0) is 27.7. The van der Waals surface area contributed by atoms with E-state index in [1.807, 2.05) is 30.3 Å². The van der Waals surface area contributed by atoms with Crippen molar-refractivity contribution in [1.29, 1.82) is 0 Å². The van der Waals surface area contributed by atoms with Crippen LogP contribution in [0, 0.1) is 0 Å². The predicted octanol–water partition coefficient (Wildman–Crippen LogP) is 4.40. The highest BCUT2D eigenvalue weighted by Gasteiger charge is 2.38. The summed E-state index contributed by atoms with van der Waals surface area (Å²) in [6, 6.07) is 12.9. The van der Waals surface area contributed by atoms with E-state index in [1.54, 1.807) is 6.92 Å². The number of aryl methyl sites for hydroxylation is 2. The fraction of sp³-hybridized carbons (Fsp3) is 0.581. The number of carboxylic acid groups (broad SMARTS) is 1. The van der Waals surface area contributed by atoms with Crippen LogP contribution >= 0.6 is 0 Å². The van der Waals surface area contributed by atoms with Crippen molar-refractivity contribution in [2.24, 2.45) is 0 Å². The number of benzene rings is 1. The van der Waals surface area contributed by atoms with Crippen LogP contribution in [0.2, 0.25) is 0 Å². The maximum atomic E-state index is 12.8. The number of carbonyl (C=O) groups excluding carboxylic acids is 1. The van der Waals surface area contributed by atoms with Crippen LogP contribution in [-0.4, -0.2) is 71.3 Å². The molecule has 2 aliphatic rings. The first-order chi connectivity index (χ1) is 18.8. The van der Waals surface area contributed by atoms with Gasteiger partial charge < -0.3 is 25.4 Å². The Bertz CT molecular complexity index is 1090. The molecular weight excluding hydrogens is 492 g/mol. The minimum absolute atomic E-state index is 0.0168. The number of nitrogens with one attached hydrogen (secondary N) is 2. The summed E-state index contributed by atoms with van der Waals surface area (Å²) in [6.45, 7) is 7.74. The molecule has 2 atom stereocenters. The number of pyridine rings is 1. The summed E-state index contributed by atoms with van der Waals surface area (Å²) in [6.07, 6.45) is 7.71. The normalized spacial score (nSPS) is 17.1. The Morgan fingerprint density at radius 2 is 1.92 bits per heavy atom. The van der Waals surface area contributed by atoms with Crippen LogP contribution in [0.3, 0.4) is 0 Å². The molecule has 0 bridgehead atoms. The average molecular weight is 537 g/mol. The topological polar surface area (TPSA) is 104 Å². The van der Waals surface area contributed by atoms with Crippen LogP contribution in [0.25, 0.3) is 0 Å². The molecule has 2 aromatic rings. The minimum atomic E-state index is -1.00. The van der Waals surface area contributed by atoms with E-state index in [0.29, 0.717) is 19.6 Å². The van der Waals surface area contributed by atoms with E-state index in [2.05, 4.69) is 34.6 Å². The number of carboxylic acids is 1. The molecule has 4 rings (SSSR count). The first kappa shape index (κ1) is 29.0. The van der Waals surface area contributed by atoms with Gasteiger partial charge in [-0.3, -0.25) is 4.79 Å². The molecule has 1 aromatic heterocycles. The Morgan fingerprint density at radius 1 is 1.13 bits per heavy atom. The molecule has 2 heterocycles. The number of carbonyl (C=O) groups is 2. The molecule has 0 spiro atoms. The number of aliphatic carboxylic acids is 1. The summed E-state index contributed by atoms with van der Waals surface area (Å²) in [5.41, 5.74) is 3.30. The highest BCUT2D eigenvalue weighted by Crippen LogP contribution is 2.38. The van der Waals surface area contributed by atoms with Crippen molar-refractivity contribution in [2.75, 3.05) is 38.1 Å². The zero-order valence-electron chi connectivity index (χ0n) is 23.5. The van der Waals surface area contributed by atoms with Crippen molar-refractivity contribution in [3.63, 3.8) is 0 Å². The summed E-state index contributed by atoms with van der Waals surface area (Å²) in [5.74, 6) is -0.645. The SMILES string of the molecule is CC(C(=O)NC(CCN(CCCCc1ccc2c(n1)NCCC2)CCOC1(C)CC1)C(=O)O)c1ccccc1. The van der Waals surface area contributed by atoms with E-state index in [4.69, 9.17) is 9.72 Å². The predicted molar refractivity (Wildman–Crippen MR) is 153 cm³/mol. The number of nitrogens with zero attached hydrogens (tertiary/aromatic N) is 2. The van der Waals surface area contributed by atoms with Crippen LogP contribution in [-0.2, 0) is 27.2 Å². The third-order valence-corrected chi connectivity index (χ3v) is 7.96. The molecule has 1 amide bonds. The molecule has 2 unspecified atom stereocenters. The van der Waals surface area contributed by atoms with E-state index in [0.717, 1.165) is 81.7 Å². The molecule has 39 heavy (non-hydrogen) atoms. The summed E-state index contributed by atoms with van der Waals surface area (Å²) in [7, 11) is 0. The monoisotopic (exact) mass is 536 g/mol. The van der Waals surface area contributed by atoms with Crippen LogP contribution < -0.4 is 10.6 Å². The molecule has 1 aliphatic heterocycles. The van der Waals surface area contributed by atoms with Crippen LogP contribution in [0.4, 0.5) is 5.82 Å². The van der Waals surface area contributed by atoms with Gasteiger partial charge in [-0.25, -0.2) is 9.78 Å². The number of hydrogen-bond acceptors (Lipinski definition) is 6. The number of rotatable bonds is 16. The fourth-order valence-electron chi connectivity index (χ4n) is 4.99. The molecule has 8 nitrogen and oxygen atoms in total. The smallest absolute Gasteiger partial charge is 0.326 e. The quantitative estimate of drug-likeness (QED) is 0.273. The second-order valence-electron chi connectivity index (χ2n) is 11.3. The van der Waals surface area contributed by atoms with E-state index < -0.39 is 17.9 Å². The van der Waals surface area contributed by atoms with E-state index in [9.17, 15) is 14.7 Å². The number of unbranched alkanes of at least 4 members (excludes halogenated alkanes) is 1. The molecule has 1 fully saturated rings. The summed E-state index contributed by atoms with van der Waals surface area (Å²) >= 11 is 0. The van der Waals surface area contributed by atoms with Gasteiger partial charge in [-0.1, -0.05) is 36.4 Å². The number of hydrogen-bond donors (Lipinski definition) is 3. The largest absolute Gasteiger partial charge is 0.480 e. The number of anilines is 1. The third kappa shape index (κ3) is 9.04. The number of fused-ring (bicyclic) bond motifs is 1. The van der Waals surface area contributed by atoms with Crippen molar-refractivity contribution < 1.29 is 19.4 Å². The zero-order valence-corrected chi connectivity index (χ0v) is 23.5. The Kier molecular flexibility index (Phi) is 10.3. The first-order valence-electron chi connectivity index (χ1n) is 14.5.